The first kappa shape index (κ1) is 16.7. The Kier molecular flexibility index (Phi) is 5.64. The Labute approximate surface area is 146 Å². The van der Waals surface area contributed by atoms with Gasteiger partial charge in [-0.05, 0) is 40.8 Å². The van der Waals surface area contributed by atoms with Crippen LogP contribution in [0.3, 0.4) is 0 Å². The lowest BCUT2D eigenvalue weighted by atomic mass is 10.1. The monoisotopic (exact) mass is 342 g/mol. The van der Waals surface area contributed by atoms with Gasteiger partial charge in [-0.25, -0.2) is 0 Å². The average molecular weight is 342 g/mol. The third kappa shape index (κ3) is 4.68. The van der Waals surface area contributed by atoms with Gasteiger partial charge in [-0.15, -0.1) is 0 Å². The maximum Gasteiger partial charge on any atom is 0.224 e. The van der Waals surface area contributed by atoms with Crippen LogP contribution in [-0.4, -0.2) is 35.8 Å². The summed E-state index contributed by atoms with van der Waals surface area (Å²) in [4.78, 5) is 26.0. The first-order valence-corrected chi connectivity index (χ1v) is 9.27. The molecule has 1 aromatic carbocycles. The summed E-state index contributed by atoms with van der Waals surface area (Å²) >= 11 is 1.59. The zero-order chi connectivity index (χ0) is 16.8. The summed E-state index contributed by atoms with van der Waals surface area (Å²) in [6.45, 7) is 1.38. The largest absolute Gasteiger partial charge is 0.351 e. The molecule has 1 aliphatic rings. The second kappa shape index (κ2) is 8.11. The van der Waals surface area contributed by atoms with Crippen LogP contribution in [0.2, 0.25) is 0 Å². The highest BCUT2D eigenvalue weighted by Crippen LogP contribution is 2.14. The summed E-state index contributed by atoms with van der Waals surface area (Å²) in [5.41, 5.74) is 2.33. The van der Waals surface area contributed by atoms with Crippen molar-refractivity contribution in [1.29, 1.82) is 0 Å². The van der Waals surface area contributed by atoms with Crippen LogP contribution in [0.1, 0.15) is 24.0 Å². The smallest absolute Gasteiger partial charge is 0.224 e. The van der Waals surface area contributed by atoms with Crippen molar-refractivity contribution in [2.75, 3.05) is 13.1 Å². The van der Waals surface area contributed by atoms with Crippen molar-refractivity contribution in [3.8, 4) is 0 Å². The molecular weight excluding hydrogens is 320 g/mol. The Morgan fingerprint density at radius 3 is 2.79 bits per heavy atom. The number of hydrogen-bond donors (Lipinski definition) is 1. The minimum absolute atomic E-state index is 0.00247. The molecule has 1 aliphatic heterocycles. The van der Waals surface area contributed by atoms with E-state index < -0.39 is 0 Å². The molecule has 0 saturated carbocycles. The molecule has 2 heterocycles. The molecule has 2 amide bonds. The van der Waals surface area contributed by atoms with Crippen molar-refractivity contribution >= 4 is 23.2 Å². The van der Waals surface area contributed by atoms with E-state index in [0.717, 1.165) is 24.9 Å². The zero-order valence-electron chi connectivity index (χ0n) is 13.6. The third-order valence-electron chi connectivity index (χ3n) is 4.26. The van der Waals surface area contributed by atoms with Gasteiger partial charge in [-0.1, -0.05) is 30.3 Å². The lowest BCUT2D eigenvalue weighted by molar-refractivity contribution is -0.127. The van der Waals surface area contributed by atoms with Crippen LogP contribution in [-0.2, 0) is 22.4 Å². The second-order valence-corrected chi connectivity index (χ2v) is 6.99. The number of likely N-dealkylation sites (tertiary alicyclic amines) is 1. The van der Waals surface area contributed by atoms with Gasteiger partial charge >= 0.3 is 0 Å². The zero-order valence-corrected chi connectivity index (χ0v) is 14.4. The fourth-order valence-corrected chi connectivity index (χ4v) is 3.73. The van der Waals surface area contributed by atoms with Gasteiger partial charge in [0.15, 0.2) is 0 Å². The molecule has 1 aromatic heterocycles. The molecule has 1 saturated heterocycles. The number of rotatable bonds is 7. The van der Waals surface area contributed by atoms with Gasteiger partial charge in [-0.2, -0.15) is 11.3 Å². The molecule has 3 rings (SSSR count). The highest BCUT2D eigenvalue weighted by Gasteiger charge is 2.29. The van der Waals surface area contributed by atoms with E-state index in [9.17, 15) is 9.59 Å². The maximum absolute atomic E-state index is 12.1. The second-order valence-electron chi connectivity index (χ2n) is 6.21. The Morgan fingerprint density at radius 2 is 2.04 bits per heavy atom. The fourth-order valence-electron chi connectivity index (χ4n) is 3.06. The topological polar surface area (TPSA) is 49.4 Å². The Balaban J connectivity index is 1.41. The van der Waals surface area contributed by atoms with Crippen LogP contribution < -0.4 is 5.32 Å². The Hall–Kier alpha value is -2.14. The fraction of sp³-hybridized carbons (Fsp3) is 0.368. The van der Waals surface area contributed by atoms with Gasteiger partial charge < -0.3 is 10.2 Å². The lowest BCUT2D eigenvalue weighted by Crippen LogP contribution is -2.38. The molecule has 0 unspecified atom stereocenters. The first-order valence-electron chi connectivity index (χ1n) is 8.33. The average Bonchev–Trinajstić information content (AvgIpc) is 3.18. The molecule has 0 radical (unpaired) electrons. The quantitative estimate of drug-likeness (QED) is 0.841. The van der Waals surface area contributed by atoms with Gasteiger partial charge in [0.05, 0.1) is 12.5 Å². The number of aryl methyl sites for hydroxylation is 1. The molecule has 126 valence electrons. The number of hydrogen-bond acceptors (Lipinski definition) is 3. The van der Waals surface area contributed by atoms with Crippen LogP contribution in [0.15, 0.2) is 47.2 Å². The van der Waals surface area contributed by atoms with Crippen LogP contribution in [0.5, 0.6) is 0 Å². The van der Waals surface area contributed by atoms with Crippen LogP contribution in [0.25, 0.3) is 0 Å². The molecule has 2 aromatic rings. The number of carbonyl (C=O) groups excluding carboxylic acids is 2. The summed E-state index contributed by atoms with van der Waals surface area (Å²) < 4.78 is 0. The summed E-state index contributed by atoms with van der Waals surface area (Å²) in [5.74, 6) is 0.140. The highest BCUT2D eigenvalue weighted by molar-refractivity contribution is 7.08. The summed E-state index contributed by atoms with van der Waals surface area (Å²) in [6.07, 6.45) is 2.73. The molecular formula is C19H22N2O2S. The van der Waals surface area contributed by atoms with Gasteiger partial charge in [-0.3, -0.25) is 9.59 Å². The Morgan fingerprint density at radius 1 is 1.21 bits per heavy atom. The van der Waals surface area contributed by atoms with E-state index in [-0.39, 0.29) is 17.9 Å². The number of nitrogens with zero attached hydrogens (tertiary/aromatic N) is 1. The van der Waals surface area contributed by atoms with Crippen molar-refractivity contribution in [3.05, 3.63) is 58.3 Å². The van der Waals surface area contributed by atoms with Crippen molar-refractivity contribution in [2.45, 2.75) is 31.7 Å². The van der Waals surface area contributed by atoms with Crippen LogP contribution in [0, 0.1) is 0 Å². The number of carbonyl (C=O) groups is 2. The van der Waals surface area contributed by atoms with E-state index in [4.69, 9.17) is 0 Å². The molecule has 0 aliphatic carbocycles. The summed E-state index contributed by atoms with van der Waals surface area (Å²) in [6, 6.07) is 12.2. The third-order valence-corrected chi connectivity index (χ3v) is 4.99. The number of thiophene rings is 1. The van der Waals surface area contributed by atoms with E-state index in [1.165, 1.54) is 5.56 Å². The number of nitrogens with one attached hydrogen (secondary N) is 1. The van der Waals surface area contributed by atoms with Gasteiger partial charge in [0.2, 0.25) is 11.8 Å². The Bertz CT molecular complexity index is 670. The van der Waals surface area contributed by atoms with Crippen molar-refractivity contribution in [2.24, 2.45) is 0 Å². The molecule has 1 fully saturated rings. The molecule has 1 atom stereocenters. The highest BCUT2D eigenvalue weighted by atomic mass is 32.1. The van der Waals surface area contributed by atoms with E-state index >= 15 is 0 Å². The SMILES string of the molecule is O=C(Cc1ccsc1)N[C@H]1CC(=O)N(CCCc2ccccc2)C1. The van der Waals surface area contributed by atoms with Crippen LogP contribution in [0.4, 0.5) is 0 Å². The van der Waals surface area contributed by atoms with E-state index in [1.807, 2.05) is 39.9 Å². The standard InChI is InChI=1S/C19H22N2O2S/c22-18(11-16-8-10-24-14-16)20-17-12-19(23)21(13-17)9-4-7-15-5-2-1-3-6-15/h1-3,5-6,8,10,14,17H,4,7,9,11-13H2,(H,20,22)/t17-/m0/s1. The molecule has 0 spiro atoms. The molecule has 5 heteroatoms. The number of amides is 2. The minimum atomic E-state index is -0.0552. The van der Waals surface area contributed by atoms with E-state index in [2.05, 4.69) is 17.4 Å². The lowest BCUT2D eigenvalue weighted by Gasteiger charge is -2.17. The predicted octanol–water partition coefficient (Wildman–Crippen LogP) is 2.64. The predicted molar refractivity (Wildman–Crippen MR) is 95.9 cm³/mol. The van der Waals surface area contributed by atoms with E-state index in [1.54, 1.807) is 11.3 Å². The van der Waals surface area contributed by atoms with Gasteiger partial charge in [0.25, 0.3) is 0 Å². The normalized spacial score (nSPS) is 17.2. The van der Waals surface area contributed by atoms with Crippen molar-refractivity contribution < 1.29 is 9.59 Å². The molecule has 0 bridgehead atoms. The maximum atomic E-state index is 12.1. The van der Waals surface area contributed by atoms with Gasteiger partial charge in [0.1, 0.15) is 0 Å². The molecule has 24 heavy (non-hydrogen) atoms. The van der Waals surface area contributed by atoms with Gasteiger partial charge in [0, 0.05) is 19.5 Å². The van der Waals surface area contributed by atoms with Crippen LogP contribution >= 0.6 is 11.3 Å². The summed E-state index contributed by atoms with van der Waals surface area (Å²) in [5, 5.41) is 6.94. The van der Waals surface area contributed by atoms with Crippen molar-refractivity contribution in [3.63, 3.8) is 0 Å². The number of benzene rings is 1. The summed E-state index contributed by atoms with van der Waals surface area (Å²) in [7, 11) is 0. The minimum Gasteiger partial charge on any atom is -0.351 e. The first-order chi connectivity index (χ1) is 11.7. The van der Waals surface area contributed by atoms with Crippen molar-refractivity contribution in [1.82, 2.24) is 10.2 Å². The molecule has 4 nitrogen and oxygen atoms in total. The van der Waals surface area contributed by atoms with E-state index in [0.29, 0.717) is 19.4 Å². The molecule has 1 N–H and O–H groups in total.